The monoisotopic (exact) mass is 546 g/mol. The summed E-state index contributed by atoms with van der Waals surface area (Å²) >= 11 is 0. The molecule has 2 heterocycles. The van der Waals surface area contributed by atoms with Crippen LogP contribution in [0.4, 0.5) is 4.79 Å². The van der Waals surface area contributed by atoms with Gasteiger partial charge >= 0.3 is 19.2 Å². The highest BCUT2D eigenvalue weighted by atomic mass is 32.2. The third-order valence-corrected chi connectivity index (χ3v) is 8.16. The Labute approximate surface area is 219 Å². The summed E-state index contributed by atoms with van der Waals surface area (Å²) in [5, 5.41) is 5.35. The molecule has 2 unspecified atom stereocenters. The number of hydrogen-bond acceptors (Lipinski definition) is 9. The maximum absolute atomic E-state index is 12.9. The fraction of sp³-hybridized carbons (Fsp3) is 0.905. The molecule has 2 atom stereocenters. The van der Waals surface area contributed by atoms with Gasteiger partial charge in [-0.1, -0.05) is 6.42 Å². The summed E-state index contributed by atoms with van der Waals surface area (Å²) in [7, 11) is -4.36. The second-order valence-corrected chi connectivity index (χ2v) is 13.0. The number of nitrogens with one attached hydrogen (secondary N) is 2. The minimum atomic E-state index is -3.95. The lowest BCUT2D eigenvalue weighted by atomic mass is 9.79. The second-order valence-electron chi connectivity index (χ2n) is 11.2. The lowest BCUT2D eigenvalue weighted by Gasteiger charge is -2.32. The molecule has 0 bridgehead atoms. The van der Waals surface area contributed by atoms with E-state index in [4.69, 9.17) is 19.6 Å². The van der Waals surface area contributed by atoms with Crippen LogP contribution >= 0.6 is 0 Å². The molecule has 0 radical (unpaired) electrons. The zero-order chi connectivity index (χ0) is 28.1. The Morgan fingerprint density at radius 1 is 1.16 bits per heavy atom. The molecule has 0 spiro atoms. The number of carbonyl (C=O) groups is 2. The normalized spacial score (nSPS) is 23.4. The third-order valence-electron chi connectivity index (χ3n) is 6.61. The van der Waals surface area contributed by atoms with E-state index in [1.165, 1.54) is 0 Å². The van der Waals surface area contributed by atoms with Gasteiger partial charge in [-0.15, -0.1) is 0 Å². The molecule has 16 heteroatoms. The molecule has 0 aromatic carbocycles. The lowest BCUT2D eigenvalue weighted by molar-refractivity contribution is -0.149. The molecule has 210 valence electrons. The van der Waals surface area contributed by atoms with E-state index in [0.29, 0.717) is 19.2 Å². The van der Waals surface area contributed by atoms with Crippen molar-refractivity contribution in [2.24, 2.45) is 17.1 Å². The number of ether oxygens (including phenoxy) is 1. The van der Waals surface area contributed by atoms with E-state index in [9.17, 15) is 18.0 Å². The molecular weight excluding hydrogens is 507 g/mol. The molecule has 37 heavy (non-hydrogen) atoms. The van der Waals surface area contributed by atoms with E-state index < -0.39 is 52.1 Å². The number of alkyl carbamates (subject to hydrolysis) is 1. The van der Waals surface area contributed by atoms with Crippen LogP contribution in [-0.2, 0) is 33.9 Å². The number of amides is 1. The van der Waals surface area contributed by atoms with Gasteiger partial charge in [-0.3, -0.25) is 4.79 Å². The largest absolute Gasteiger partial charge is 0.457 e. The maximum Gasteiger partial charge on any atom is 0.457 e. The van der Waals surface area contributed by atoms with Crippen molar-refractivity contribution in [3.63, 3.8) is 0 Å². The Morgan fingerprint density at radius 2 is 1.78 bits per heavy atom. The predicted octanol–water partition coefficient (Wildman–Crippen LogP) is 2.53. The average Bonchev–Trinajstić information content (AvgIpc) is 3.26. The third kappa shape index (κ3) is 9.01. The van der Waals surface area contributed by atoms with Gasteiger partial charge in [0.1, 0.15) is 10.9 Å². The van der Waals surface area contributed by atoms with E-state index in [1.54, 1.807) is 20.8 Å². The Morgan fingerprint density at radius 3 is 2.35 bits per heavy atom. The van der Waals surface area contributed by atoms with Gasteiger partial charge in [0.25, 0.3) is 10.2 Å². The summed E-state index contributed by atoms with van der Waals surface area (Å²) in [6.45, 7) is 12.9. The van der Waals surface area contributed by atoms with Crippen LogP contribution in [0.1, 0.15) is 61.3 Å². The van der Waals surface area contributed by atoms with Crippen LogP contribution in [0.3, 0.4) is 0 Å². The summed E-state index contributed by atoms with van der Waals surface area (Å²) in [5.41, 5.74) is 6.89. The Kier molecular flexibility index (Phi) is 10.2. The Balaban J connectivity index is 1.93. The first-order valence-corrected chi connectivity index (χ1v) is 13.7. The molecule has 2 saturated heterocycles. The highest BCUT2D eigenvalue weighted by Crippen LogP contribution is 2.39. The van der Waals surface area contributed by atoms with Crippen LogP contribution in [0.15, 0.2) is 5.28 Å². The van der Waals surface area contributed by atoms with Crippen molar-refractivity contribution in [1.82, 2.24) is 14.3 Å². The first-order chi connectivity index (χ1) is 17.0. The topological polar surface area (TPSA) is 181 Å². The highest BCUT2D eigenvalue weighted by Gasteiger charge is 2.51. The molecule has 0 aliphatic carbocycles. The van der Waals surface area contributed by atoms with Crippen LogP contribution in [0.25, 0.3) is 10.4 Å². The van der Waals surface area contributed by atoms with E-state index >= 15 is 0 Å². The SMILES string of the molecule is CC(C)(C)OC(=O)NCCNS(=O)(=O)N1CC(CCCB2OC(C)(C)C(C)(C)O2)C(C(=O)ON=[N+]=[N-])C1. The van der Waals surface area contributed by atoms with E-state index in [1.807, 2.05) is 27.7 Å². The zero-order valence-corrected chi connectivity index (χ0v) is 23.5. The predicted molar refractivity (Wildman–Crippen MR) is 135 cm³/mol. The van der Waals surface area contributed by atoms with Crippen LogP contribution in [0.5, 0.6) is 0 Å². The minimum Gasteiger partial charge on any atom is -0.444 e. The van der Waals surface area contributed by atoms with Gasteiger partial charge in [-0.2, -0.15) is 12.7 Å². The van der Waals surface area contributed by atoms with Crippen LogP contribution in [0, 0.1) is 11.8 Å². The van der Waals surface area contributed by atoms with Crippen molar-refractivity contribution in [1.29, 1.82) is 0 Å². The lowest BCUT2D eigenvalue weighted by Crippen LogP contribution is -2.43. The highest BCUT2D eigenvalue weighted by molar-refractivity contribution is 7.87. The molecule has 2 fully saturated rings. The first kappa shape index (κ1) is 31.1. The van der Waals surface area contributed by atoms with Crippen LogP contribution in [-0.4, -0.2) is 74.9 Å². The molecule has 0 saturated carbocycles. The molecule has 0 aromatic rings. The fourth-order valence-corrected chi connectivity index (χ4v) is 5.38. The summed E-state index contributed by atoms with van der Waals surface area (Å²) in [6.07, 6.45) is 1.04. The van der Waals surface area contributed by atoms with Gasteiger partial charge in [-0.05, 0) is 72.7 Å². The molecular formula is C21H39BN6O8S. The van der Waals surface area contributed by atoms with Crippen molar-refractivity contribution in [2.45, 2.75) is 84.4 Å². The second kappa shape index (κ2) is 12.2. The number of rotatable bonds is 11. The van der Waals surface area contributed by atoms with Crippen molar-refractivity contribution in [3.8, 4) is 0 Å². The minimum absolute atomic E-state index is 0.0157. The number of hydrogen-bond donors (Lipinski definition) is 2. The standard InChI is InChI=1S/C21H39BN6O8S/c1-19(2,3)33-18(30)24-11-12-25-37(31,32)28-13-15(16(14-28)17(29)34-27-26-23)9-8-10-22-35-20(4,5)21(6,7)36-22/h15-16,25H,8-14H2,1-7H3,(H,24,30). The van der Waals surface area contributed by atoms with E-state index in [2.05, 4.69) is 25.1 Å². The molecule has 14 nitrogen and oxygen atoms in total. The van der Waals surface area contributed by atoms with Crippen LogP contribution < -0.4 is 10.0 Å². The molecule has 2 rings (SSSR count). The zero-order valence-electron chi connectivity index (χ0n) is 22.6. The van der Waals surface area contributed by atoms with Gasteiger partial charge in [0.15, 0.2) is 0 Å². The molecule has 1 amide bonds. The van der Waals surface area contributed by atoms with Crippen molar-refractivity contribution in [3.05, 3.63) is 10.4 Å². The quantitative estimate of drug-likeness (QED) is 0.0990. The van der Waals surface area contributed by atoms with Gasteiger partial charge in [0.2, 0.25) is 0 Å². The first-order valence-electron chi connectivity index (χ1n) is 12.3. The van der Waals surface area contributed by atoms with Crippen molar-refractivity contribution in [2.75, 3.05) is 26.2 Å². The molecule has 2 aliphatic heterocycles. The van der Waals surface area contributed by atoms with Gasteiger partial charge in [-0.25, -0.2) is 9.52 Å². The van der Waals surface area contributed by atoms with Gasteiger partial charge in [0.05, 0.1) is 17.1 Å². The molecule has 2 aliphatic rings. The average molecular weight is 546 g/mol. The smallest absolute Gasteiger partial charge is 0.444 e. The van der Waals surface area contributed by atoms with E-state index in [-0.39, 0.29) is 32.1 Å². The number of azide groups is 1. The summed E-state index contributed by atoms with van der Waals surface area (Å²) in [6, 6.07) is 0. The maximum atomic E-state index is 12.9. The summed E-state index contributed by atoms with van der Waals surface area (Å²) in [4.78, 5) is 31.2. The Bertz CT molecular complexity index is 964. The summed E-state index contributed by atoms with van der Waals surface area (Å²) < 4.78 is 46.4. The number of nitrogens with zero attached hydrogens (tertiary/aromatic N) is 4. The number of carbonyl (C=O) groups excluding carboxylic acids is 2. The van der Waals surface area contributed by atoms with Crippen molar-refractivity contribution < 1.29 is 36.9 Å². The summed E-state index contributed by atoms with van der Waals surface area (Å²) in [5.74, 6) is -1.96. The molecule has 0 aromatic heterocycles. The fourth-order valence-electron chi connectivity index (χ4n) is 4.09. The molecule has 2 N–H and O–H groups in total. The van der Waals surface area contributed by atoms with Crippen molar-refractivity contribution >= 4 is 29.4 Å². The van der Waals surface area contributed by atoms with E-state index in [0.717, 1.165) is 4.31 Å². The Hall–Kier alpha value is -2.10. The van der Waals surface area contributed by atoms with Gasteiger partial charge < -0.3 is 24.2 Å². The van der Waals surface area contributed by atoms with Crippen LogP contribution in [0.2, 0.25) is 6.32 Å². The van der Waals surface area contributed by atoms with Gasteiger partial charge in [0, 0.05) is 31.1 Å².